The summed E-state index contributed by atoms with van der Waals surface area (Å²) in [5, 5.41) is 12.0. The number of hydrogen-bond donors (Lipinski definition) is 1. The Balaban J connectivity index is 2.42. The van der Waals surface area contributed by atoms with Gasteiger partial charge >= 0.3 is 0 Å². The van der Waals surface area contributed by atoms with Crippen LogP contribution < -0.4 is 0 Å². The molecule has 2 rings (SSSR count). The Labute approximate surface area is 96.1 Å². The summed E-state index contributed by atoms with van der Waals surface area (Å²) in [6.45, 7) is 0.993. The summed E-state index contributed by atoms with van der Waals surface area (Å²) >= 11 is 0. The number of phenolic OH excluding ortho intramolecular Hbond substituents is 1. The van der Waals surface area contributed by atoms with Crippen molar-refractivity contribution < 1.29 is 5.11 Å². The lowest BCUT2D eigenvalue weighted by Gasteiger charge is -2.11. The van der Waals surface area contributed by atoms with E-state index in [2.05, 4.69) is 25.1 Å². The number of likely N-dealkylation sites (N-methyl/N-ethyl adjacent to an activating group) is 1. The van der Waals surface area contributed by atoms with E-state index in [1.807, 2.05) is 30.3 Å². The molecule has 84 valence electrons. The van der Waals surface area contributed by atoms with Gasteiger partial charge in [-0.2, -0.15) is 0 Å². The molecule has 0 fully saturated rings. The van der Waals surface area contributed by atoms with Gasteiger partial charge in [-0.15, -0.1) is 0 Å². The van der Waals surface area contributed by atoms with Crippen LogP contribution in [0.25, 0.3) is 10.8 Å². The predicted octanol–water partition coefficient (Wildman–Crippen LogP) is 2.65. The molecule has 0 spiro atoms. The average Bonchev–Trinajstić information content (AvgIpc) is 2.25. The molecule has 0 aliphatic carbocycles. The first-order chi connectivity index (χ1) is 7.66. The van der Waals surface area contributed by atoms with Gasteiger partial charge in [-0.1, -0.05) is 24.3 Å². The first-order valence-corrected chi connectivity index (χ1v) is 5.52. The van der Waals surface area contributed by atoms with Crippen molar-refractivity contribution in [3.63, 3.8) is 0 Å². The monoisotopic (exact) mass is 215 g/mol. The molecular weight excluding hydrogens is 198 g/mol. The Hall–Kier alpha value is -1.54. The maximum absolute atomic E-state index is 9.66. The molecule has 0 amide bonds. The van der Waals surface area contributed by atoms with E-state index in [4.69, 9.17) is 0 Å². The van der Waals surface area contributed by atoms with Crippen LogP contribution in [0, 0.1) is 0 Å². The quantitative estimate of drug-likeness (QED) is 0.850. The summed E-state index contributed by atoms with van der Waals surface area (Å²) in [7, 11) is 4.12. The molecular formula is C14H17NO. The normalized spacial score (nSPS) is 11.2. The standard InChI is InChI=1S/C14H17NO/c1-15(2)8-7-12-10-13(16)9-11-5-3-4-6-14(11)12/h3-6,9-10,16H,7-8H2,1-2H3. The Morgan fingerprint density at radius 2 is 1.88 bits per heavy atom. The van der Waals surface area contributed by atoms with Crippen molar-refractivity contribution in [3.05, 3.63) is 42.0 Å². The minimum absolute atomic E-state index is 0.354. The Morgan fingerprint density at radius 3 is 2.62 bits per heavy atom. The largest absolute Gasteiger partial charge is 0.508 e. The van der Waals surface area contributed by atoms with Crippen molar-refractivity contribution >= 4 is 10.8 Å². The average molecular weight is 215 g/mol. The zero-order chi connectivity index (χ0) is 11.5. The van der Waals surface area contributed by atoms with Crippen molar-refractivity contribution in [3.8, 4) is 5.75 Å². The molecule has 0 aliphatic heterocycles. The second-order valence-corrected chi connectivity index (χ2v) is 4.38. The lowest BCUT2D eigenvalue weighted by Crippen LogP contribution is -2.15. The molecule has 2 nitrogen and oxygen atoms in total. The summed E-state index contributed by atoms with van der Waals surface area (Å²) in [5.74, 6) is 0.354. The fourth-order valence-corrected chi connectivity index (χ4v) is 1.92. The van der Waals surface area contributed by atoms with E-state index in [9.17, 15) is 5.11 Å². The molecule has 1 N–H and O–H groups in total. The van der Waals surface area contributed by atoms with Crippen molar-refractivity contribution in [2.75, 3.05) is 20.6 Å². The van der Waals surface area contributed by atoms with Gasteiger partial charge in [0.15, 0.2) is 0 Å². The third-order valence-corrected chi connectivity index (χ3v) is 2.76. The zero-order valence-electron chi connectivity index (χ0n) is 9.77. The summed E-state index contributed by atoms with van der Waals surface area (Å²) in [4.78, 5) is 2.15. The molecule has 0 heterocycles. The molecule has 2 aromatic carbocycles. The summed E-state index contributed by atoms with van der Waals surface area (Å²) in [6, 6.07) is 11.9. The van der Waals surface area contributed by atoms with Crippen molar-refractivity contribution in [1.29, 1.82) is 0 Å². The SMILES string of the molecule is CN(C)CCc1cc(O)cc2ccccc12. The molecule has 2 heteroatoms. The summed E-state index contributed by atoms with van der Waals surface area (Å²) in [5.41, 5.74) is 1.21. The fraction of sp³-hybridized carbons (Fsp3) is 0.286. The number of rotatable bonds is 3. The molecule has 0 aliphatic rings. The van der Waals surface area contributed by atoms with Crippen LogP contribution in [0.4, 0.5) is 0 Å². The molecule has 0 saturated heterocycles. The van der Waals surface area contributed by atoms with E-state index in [1.165, 1.54) is 10.9 Å². The maximum atomic E-state index is 9.66. The number of hydrogen-bond acceptors (Lipinski definition) is 2. The van der Waals surface area contributed by atoms with E-state index < -0.39 is 0 Å². The highest BCUT2D eigenvalue weighted by molar-refractivity contribution is 5.87. The number of phenols is 1. The van der Waals surface area contributed by atoms with Gasteiger partial charge in [-0.25, -0.2) is 0 Å². The van der Waals surface area contributed by atoms with Crippen LogP contribution in [0.15, 0.2) is 36.4 Å². The van der Waals surface area contributed by atoms with Gasteiger partial charge in [0, 0.05) is 6.54 Å². The third kappa shape index (κ3) is 2.34. The van der Waals surface area contributed by atoms with Crippen LogP contribution in [-0.2, 0) is 6.42 Å². The highest BCUT2D eigenvalue weighted by Crippen LogP contribution is 2.24. The smallest absolute Gasteiger partial charge is 0.116 e. The number of aromatic hydroxyl groups is 1. The van der Waals surface area contributed by atoms with E-state index in [0.717, 1.165) is 18.4 Å². The lowest BCUT2D eigenvalue weighted by atomic mass is 10.0. The van der Waals surface area contributed by atoms with Crippen molar-refractivity contribution in [1.82, 2.24) is 4.90 Å². The number of fused-ring (bicyclic) bond motifs is 1. The van der Waals surface area contributed by atoms with E-state index >= 15 is 0 Å². The van der Waals surface area contributed by atoms with Crippen LogP contribution >= 0.6 is 0 Å². The Bertz CT molecular complexity index is 491. The van der Waals surface area contributed by atoms with Gasteiger partial charge in [0.25, 0.3) is 0 Å². The second kappa shape index (κ2) is 4.54. The number of nitrogens with zero attached hydrogens (tertiary/aromatic N) is 1. The van der Waals surface area contributed by atoms with Gasteiger partial charge in [0.1, 0.15) is 5.75 Å². The highest BCUT2D eigenvalue weighted by Gasteiger charge is 2.03. The fourth-order valence-electron chi connectivity index (χ4n) is 1.92. The highest BCUT2D eigenvalue weighted by atomic mass is 16.3. The molecule has 0 bridgehead atoms. The Morgan fingerprint density at radius 1 is 1.12 bits per heavy atom. The summed E-state index contributed by atoms with van der Waals surface area (Å²) in [6.07, 6.45) is 0.960. The van der Waals surface area contributed by atoms with Gasteiger partial charge < -0.3 is 10.0 Å². The van der Waals surface area contributed by atoms with Crippen LogP contribution in [-0.4, -0.2) is 30.6 Å². The first kappa shape index (κ1) is 11.0. The topological polar surface area (TPSA) is 23.5 Å². The molecule has 0 aromatic heterocycles. The molecule has 0 radical (unpaired) electrons. The van der Waals surface area contributed by atoms with Crippen molar-refractivity contribution in [2.45, 2.75) is 6.42 Å². The molecule has 0 atom stereocenters. The van der Waals surface area contributed by atoms with Crippen LogP contribution in [0.2, 0.25) is 0 Å². The lowest BCUT2D eigenvalue weighted by molar-refractivity contribution is 0.413. The minimum Gasteiger partial charge on any atom is -0.508 e. The maximum Gasteiger partial charge on any atom is 0.116 e. The molecule has 2 aromatic rings. The minimum atomic E-state index is 0.354. The molecule has 16 heavy (non-hydrogen) atoms. The number of benzene rings is 2. The van der Waals surface area contributed by atoms with Crippen LogP contribution in [0.3, 0.4) is 0 Å². The van der Waals surface area contributed by atoms with Gasteiger partial charge in [-0.3, -0.25) is 0 Å². The van der Waals surface area contributed by atoms with E-state index in [-0.39, 0.29) is 0 Å². The van der Waals surface area contributed by atoms with Gasteiger partial charge in [0.05, 0.1) is 0 Å². The Kier molecular flexibility index (Phi) is 3.11. The zero-order valence-corrected chi connectivity index (χ0v) is 9.77. The van der Waals surface area contributed by atoms with Gasteiger partial charge in [0.2, 0.25) is 0 Å². The van der Waals surface area contributed by atoms with Crippen LogP contribution in [0.5, 0.6) is 5.75 Å². The van der Waals surface area contributed by atoms with E-state index in [0.29, 0.717) is 5.75 Å². The molecule has 0 saturated carbocycles. The van der Waals surface area contributed by atoms with Crippen molar-refractivity contribution in [2.24, 2.45) is 0 Å². The summed E-state index contributed by atoms with van der Waals surface area (Å²) < 4.78 is 0. The molecule has 0 unspecified atom stereocenters. The van der Waals surface area contributed by atoms with E-state index in [1.54, 1.807) is 0 Å². The third-order valence-electron chi connectivity index (χ3n) is 2.76. The predicted molar refractivity (Wildman–Crippen MR) is 67.9 cm³/mol. The second-order valence-electron chi connectivity index (χ2n) is 4.38. The van der Waals surface area contributed by atoms with Gasteiger partial charge in [-0.05, 0) is 49.0 Å². The first-order valence-electron chi connectivity index (χ1n) is 5.52. The van der Waals surface area contributed by atoms with Crippen LogP contribution in [0.1, 0.15) is 5.56 Å².